The number of ether oxygens (including phenoxy) is 1. The molecular weight excluding hydrogens is 400 g/mol. The molecule has 0 saturated carbocycles. The van der Waals surface area contributed by atoms with Gasteiger partial charge in [-0.05, 0) is 48.2 Å². The fourth-order valence-electron chi connectivity index (χ4n) is 2.58. The van der Waals surface area contributed by atoms with Crippen LogP contribution in [0.25, 0.3) is 0 Å². The second-order valence-electron chi connectivity index (χ2n) is 6.84. The summed E-state index contributed by atoms with van der Waals surface area (Å²) < 4.78 is 32.3. The van der Waals surface area contributed by atoms with Gasteiger partial charge in [0.25, 0.3) is 0 Å². The van der Waals surface area contributed by atoms with E-state index < -0.39 is 15.9 Å². The minimum Gasteiger partial charge on any atom is -0.495 e. The van der Waals surface area contributed by atoms with Crippen molar-refractivity contribution in [1.82, 2.24) is 4.31 Å². The zero-order chi connectivity index (χ0) is 21.1. The molecule has 0 aliphatic carbocycles. The van der Waals surface area contributed by atoms with Gasteiger partial charge in [-0.25, -0.2) is 8.42 Å². The summed E-state index contributed by atoms with van der Waals surface area (Å²) in [5.41, 5.74) is 2.26. The highest BCUT2D eigenvalue weighted by molar-refractivity contribution is 7.89. The van der Waals surface area contributed by atoms with Gasteiger partial charge in [0.2, 0.25) is 15.9 Å². The van der Waals surface area contributed by atoms with Gasteiger partial charge in [0.1, 0.15) is 10.6 Å². The number of amides is 1. The third-order valence-electron chi connectivity index (χ3n) is 4.36. The molecule has 0 aliphatic heterocycles. The van der Waals surface area contributed by atoms with Crippen LogP contribution in [-0.4, -0.2) is 39.3 Å². The van der Waals surface area contributed by atoms with Gasteiger partial charge in [0, 0.05) is 17.8 Å². The van der Waals surface area contributed by atoms with Gasteiger partial charge in [0.05, 0.1) is 13.7 Å². The zero-order valence-corrected chi connectivity index (χ0v) is 18.2. The van der Waals surface area contributed by atoms with Crippen LogP contribution >= 0.6 is 11.6 Å². The van der Waals surface area contributed by atoms with E-state index >= 15 is 0 Å². The number of rotatable bonds is 7. The number of hydrogen-bond donors (Lipinski definition) is 1. The first kappa shape index (κ1) is 22.2. The number of sulfonamides is 1. The second-order valence-corrected chi connectivity index (χ2v) is 9.26. The van der Waals surface area contributed by atoms with Crippen molar-refractivity contribution in [2.75, 3.05) is 26.0 Å². The number of hydrogen-bond acceptors (Lipinski definition) is 4. The molecule has 0 spiro atoms. The first-order valence-corrected chi connectivity index (χ1v) is 10.6. The van der Waals surface area contributed by atoms with Crippen molar-refractivity contribution < 1.29 is 17.9 Å². The standard InChI is InChI=1S/C20H25ClN2O4S/c1-13(2)15-7-9-18(27-5)19(10-15)28(25,26)23(4)12-20(24)22-16-8-6-14(3)17(21)11-16/h6-11,13H,12H2,1-5H3,(H,22,24). The van der Waals surface area contributed by atoms with E-state index in [1.165, 1.54) is 14.2 Å². The van der Waals surface area contributed by atoms with Gasteiger partial charge in [0.15, 0.2) is 0 Å². The predicted molar refractivity (Wildman–Crippen MR) is 112 cm³/mol. The van der Waals surface area contributed by atoms with Gasteiger partial charge in [-0.15, -0.1) is 0 Å². The fourth-order valence-corrected chi connectivity index (χ4v) is 4.07. The highest BCUT2D eigenvalue weighted by Crippen LogP contribution is 2.30. The summed E-state index contributed by atoms with van der Waals surface area (Å²) in [6.45, 7) is 5.46. The molecule has 2 aromatic carbocycles. The van der Waals surface area contributed by atoms with Gasteiger partial charge < -0.3 is 10.1 Å². The molecule has 0 saturated heterocycles. The Labute approximate surface area is 171 Å². The van der Waals surface area contributed by atoms with Crippen LogP contribution in [0.3, 0.4) is 0 Å². The summed E-state index contributed by atoms with van der Waals surface area (Å²) in [6, 6.07) is 10.2. The number of benzene rings is 2. The smallest absolute Gasteiger partial charge is 0.246 e. The zero-order valence-electron chi connectivity index (χ0n) is 16.6. The molecule has 0 aromatic heterocycles. The number of nitrogens with zero attached hydrogens (tertiary/aromatic N) is 1. The van der Waals surface area contributed by atoms with E-state index in [1.807, 2.05) is 26.8 Å². The molecule has 0 radical (unpaired) electrons. The van der Waals surface area contributed by atoms with Crippen LogP contribution in [0.4, 0.5) is 5.69 Å². The maximum Gasteiger partial charge on any atom is 0.246 e. The van der Waals surface area contributed by atoms with Crippen LogP contribution in [0, 0.1) is 6.92 Å². The molecule has 1 amide bonds. The van der Waals surface area contributed by atoms with Crippen LogP contribution in [-0.2, 0) is 14.8 Å². The molecule has 0 aliphatic rings. The minimum absolute atomic E-state index is 0.0369. The molecule has 6 nitrogen and oxygen atoms in total. The Hall–Kier alpha value is -2.09. The highest BCUT2D eigenvalue weighted by Gasteiger charge is 2.27. The summed E-state index contributed by atoms with van der Waals surface area (Å²) in [4.78, 5) is 12.4. The van der Waals surface area contributed by atoms with Crippen LogP contribution in [0.5, 0.6) is 5.75 Å². The van der Waals surface area contributed by atoms with Crippen molar-refractivity contribution >= 4 is 33.2 Å². The Bertz CT molecular complexity index is 974. The third kappa shape index (κ3) is 5.04. The molecule has 0 bridgehead atoms. The Kier molecular flexibility index (Phi) is 7.09. The molecule has 2 rings (SSSR count). The molecule has 1 N–H and O–H groups in total. The SMILES string of the molecule is COc1ccc(C(C)C)cc1S(=O)(=O)N(C)CC(=O)Nc1ccc(C)c(Cl)c1. The molecule has 0 atom stereocenters. The number of anilines is 1. The number of methoxy groups -OCH3 is 1. The van der Waals surface area contributed by atoms with Gasteiger partial charge in [-0.1, -0.05) is 37.6 Å². The number of likely N-dealkylation sites (N-methyl/N-ethyl adjacent to an activating group) is 1. The molecule has 0 unspecified atom stereocenters. The third-order valence-corrected chi connectivity index (χ3v) is 6.60. The quantitative estimate of drug-likeness (QED) is 0.727. The molecule has 8 heteroatoms. The summed E-state index contributed by atoms with van der Waals surface area (Å²) in [5.74, 6) is -0.0771. The van der Waals surface area contributed by atoms with E-state index in [1.54, 1.807) is 30.3 Å². The first-order valence-electron chi connectivity index (χ1n) is 8.76. The predicted octanol–water partition coefficient (Wildman–Crippen LogP) is 4.04. The Morgan fingerprint density at radius 3 is 2.46 bits per heavy atom. The van der Waals surface area contributed by atoms with Crippen LogP contribution < -0.4 is 10.1 Å². The minimum atomic E-state index is -3.92. The first-order chi connectivity index (χ1) is 13.1. The van der Waals surface area contributed by atoms with E-state index in [0.717, 1.165) is 15.4 Å². The number of halogens is 1. The largest absolute Gasteiger partial charge is 0.495 e. The van der Waals surface area contributed by atoms with Crippen molar-refractivity contribution in [1.29, 1.82) is 0 Å². The lowest BCUT2D eigenvalue weighted by atomic mass is 10.0. The van der Waals surface area contributed by atoms with Gasteiger partial charge in [-0.3, -0.25) is 4.79 Å². The second kappa shape index (κ2) is 8.94. The normalized spacial score (nSPS) is 11.7. The Morgan fingerprint density at radius 1 is 1.21 bits per heavy atom. The summed E-state index contributed by atoms with van der Waals surface area (Å²) in [5, 5.41) is 3.18. The number of carbonyl (C=O) groups is 1. The lowest BCUT2D eigenvalue weighted by molar-refractivity contribution is -0.116. The van der Waals surface area contributed by atoms with Crippen molar-refractivity contribution in [3.63, 3.8) is 0 Å². The number of aryl methyl sites for hydroxylation is 1. The Balaban J connectivity index is 2.22. The molecule has 2 aromatic rings. The maximum atomic E-state index is 13.0. The van der Waals surface area contributed by atoms with Gasteiger partial charge >= 0.3 is 0 Å². The van der Waals surface area contributed by atoms with E-state index in [2.05, 4.69) is 5.32 Å². The van der Waals surface area contributed by atoms with Crippen LogP contribution in [0.15, 0.2) is 41.3 Å². The molecule has 0 heterocycles. The highest BCUT2D eigenvalue weighted by atomic mass is 35.5. The average Bonchev–Trinajstić information content (AvgIpc) is 2.63. The molecule has 0 fully saturated rings. The maximum absolute atomic E-state index is 13.0. The van der Waals surface area contributed by atoms with Crippen molar-refractivity contribution in [2.24, 2.45) is 0 Å². The lowest BCUT2D eigenvalue weighted by Crippen LogP contribution is -2.35. The van der Waals surface area contributed by atoms with Gasteiger partial charge in [-0.2, -0.15) is 4.31 Å². The topological polar surface area (TPSA) is 75.7 Å². The van der Waals surface area contributed by atoms with E-state index in [-0.39, 0.29) is 23.1 Å². The monoisotopic (exact) mass is 424 g/mol. The van der Waals surface area contributed by atoms with E-state index in [0.29, 0.717) is 10.7 Å². The van der Waals surface area contributed by atoms with Crippen molar-refractivity contribution in [3.8, 4) is 5.75 Å². The van der Waals surface area contributed by atoms with Crippen molar-refractivity contribution in [2.45, 2.75) is 31.6 Å². The number of nitrogens with one attached hydrogen (secondary N) is 1. The molecule has 28 heavy (non-hydrogen) atoms. The van der Waals surface area contributed by atoms with Crippen LogP contribution in [0.2, 0.25) is 5.02 Å². The van der Waals surface area contributed by atoms with Crippen LogP contribution in [0.1, 0.15) is 30.9 Å². The van der Waals surface area contributed by atoms with Crippen molar-refractivity contribution in [3.05, 3.63) is 52.5 Å². The molecular formula is C20H25ClN2O4S. The van der Waals surface area contributed by atoms with E-state index in [9.17, 15) is 13.2 Å². The summed E-state index contributed by atoms with van der Waals surface area (Å²) in [7, 11) is -1.14. The fraction of sp³-hybridized carbons (Fsp3) is 0.350. The average molecular weight is 425 g/mol. The van der Waals surface area contributed by atoms with E-state index in [4.69, 9.17) is 16.3 Å². The summed E-state index contributed by atoms with van der Waals surface area (Å²) in [6.07, 6.45) is 0. The Morgan fingerprint density at radius 2 is 1.89 bits per heavy atom. The summed E-state index contributed by atoms with van der Waals surface area (Å²) >= 11 is 6.06. The molecule has 152 valence electrons. The number of carbonyl (C=O) groups excluding carboxylic acids is 1. The lowest BCUT2D eigenvalue weighted by Gasteiger charge is -2.20.